The van der Waals surface area contributed by atoms with Crippen LogP contribution in [0.15, 0.2) is 71.8 Å². The fourth-order valence-corrected chi connectivity index (χ4v) is 13.3. The highest BCUT2D eigenvalue weighted by Crippen LogP contribution is 2.56. The third kappa shape index (κ3) is 4.52. The van der Waals surface area contributed by atoms with Crippen LogP contribution >= 0.6 is 0 Å². The predicted octanol–water partition coefficient (Wildman–Crippen LogP) is 11.1. The van der Waals surface area contributed by atoms with E-state index < -0.39 is 8.07 Å². The number of fused-ring (bicyclic) bond motifs is 2. The summed E-state index contributed by atoms with van der Waals surface area (Å²) in [5.74, 6) is 1.00. The number of methoxy groups -OCH3 is 1. The molecule has 2 aliphatic carbocycles. The third-order valence-corrected chi connectivity index (χ3v) is 14.2. The maximum absolute atomic E-state index is 6.10. The highest BCUT2D eigenvalue weighted by atomic mass is 28.3. The van der Waals surface area contributed by atoms with Gasteiger partial charge >= 0.3 is 0 Å². The molecule has 2 unspecified atom stereocenters. The van der Waals surface area contributed by atoms with Crippen LogP contribution in [0.2, 0.25) is 13.1 Å². The first kappa shape index (κ1) is 28.5. The maximum atomic E-state index is 6.10. The van der Waals surface area contributed by atoms with Crippen LogP contribution in [-0.4, -0.2) is 15.2 Å². The summed E-state index contributed by atoms with van der Waals surface area (Å²) < 4.78 is 6.10. The number of benzene rings is 4. The van der Waals surface area contributed by atoms with Gasteiger partial charge in [0.2, 0.25) is 0 Å². The second kappa shape index (κ2) is 10.3. The molecule has 4 aromatic carbocycles. The molecule has 0 radical (unpaired) electrons. The Kier molecular flexibility index (Phi) is 6.97. The van der Waals surface area contributed by atoms with Gasteiger partial charge in [-0.1, -0.05) is 119 Å². The molecule has 0 spiro atoms. The summed E-state index contributed by atoms with van der Waals surface area (Å²) in [4.78, 5) is 0. The zero-order valence-electron chi connectivity index (χ0n) is 27.0. The molecular formula is C40H44OSi. The zero-order valence-corrected chi connectivity index (χ0v) is 28.0. The Morgan fingerprint density at radius 2 is 1.12 bits per heavy atom. The van der Waals surface area contributed by atoms with E-state index in [1.165, 1.54) is 83.5 Å². The van der Waals surface area contributed by atoms with Crippen LogP contribution < -0.4 is 4.74 Å². The Bertz CT molecular complexity index is 1780. The van der Waals surface area contributed by atoms with E-state index in [2.05, 4.69) is 134 Å². The third-order valence-electron chi connectivity index (χ3n) is 9.74. The fraction of sp³-hybridized carbons (Fsp3) is 0.300. The van der Waals surface area contributed by atoms with E-state index in [4.69, 9.17) is 4.74 Å². The normalized spacial score (nSPS) is 17.6. The van der Waals surface area contributed by atoms with E-state index >= 15 is 0 Å². The van der Waals surface area contributed by atoms with Crippen molar-refractivity contribution in [2.45, 2.75) is 72.6 Å². The lowest BCUT2D eigenvalue weighted by Crippen LogP contribution is -2.42. The van der Waals surface area contributed by atoms with Crippen molar-refractivity contribution >= 4 is 20.2 Å². The molecule has 0 aromatic heterocycles. The first-order valence-corrected chi connectivity index (χ1v) is 18.4. The Hall–Kier alpha value is -3.62. The van der Waals surface area contributed by atoms with Gasteiger partial charge in [0.1, 0.15) is 5.75 Å². The van der Waals surface area contributed by atoms with Gasteiger partial charge in [0.25, 0.3) is 0 Å². The molecule has 0 bridgehead atoms. The van der Waals surface area contributed by atoms with Crippen LogP contribution in [0.5, 0.6) is 5.75 Å². The van der Waals surface area contributed by atoms with Crippen LogP contribution in [0.25, 0.3) is 34.4 Å². The van der Waals surface area contributed by atoms with Gasteiger partial charge < -0.3 is 4.74 Å². The zero-order chi connectivity index (χ0) is 30.1. The summed E-state index contributed by atoms with van der Waals surface area (Å²) in [6, 6.07) is 23.2. The molecule has 0 heterocycles. The van der Waals surface area contributed by atoms with E-state index in [9.17, 15) is 0 Å². The van der Waals surface area contributed by atoms with Crippen molar-refractivity contribution in [2.24, 2.45) is 0 Å². The summed E-state index contributed by atoms with van der Waals surface area (Å²) in [7, 11) is -0.176. The van der Waals surface area contributed by atoms with Crippen molar-refractivity contribution < 1.29 is 4.74 Å². The Morgan fingerprint density at radius 3 is 1.71 bits per heavy atom. The van der Waals surface area contributed by atoms with Gasteiger partial charge in [-0.05, 0) is 93.0 Å². The minimum atomic E-state index is -2.00. The Morgan fingerprint density at radius 1 is 0.571 bits per heavy atom. The SMILES string of the molecule is COc1c(C)cc2c(c1-c1cc(C)cc(C)c1)C=C(C)C2[Si](C)(C)C1C(C)=Cc2c(-c3ccc(C)cc3)cc(C)cc21. The largest absolute Gasteiger partial charge is 0.496 e. The van der Waals surface area contributed by atoms with Crippen molar-refractivity contribution in [3.8, 4) is 28.0 Å². The Balaban J connectivity index is 1.52. The first-order chi connectivity index (χ1) is 19.9. The molecule has 2 atom stereocenters. The van der Waals surface area contributed by atoms with E-state index in [0.717, 1.165) is 5.75 Å². The Labute approximate surface area is 254 Å². The second-order valence-corrected chi connectivity index (χ2v) is 18.4. The summed E-state index contributed by atoms with van der Waals surface area (Å²) in [6.45, 7) is 21.0. The van der Waals surface area contributed by atoms with Crippen molar-refractivity contribution in [2.75, 3.05) is 7.11 Å². The first-order valence-electron chi connectivity index (χ1n) is 15.3. The minimum Gasteiger partial charge on any atom is -0.496 e. The molecular weight excluding hydrogens is 525 g/mol. The van der Waals surface area contributed by atoms with Crippen molar-refractivity contribution in [1.82, 2.24) is 0 Å². The predicted molar refractivity (Wildman–Crippen MR) is 184 cm³/mol. The second-order valence-electron chi connectivity index (χ2n) is 13.6. The van der Waals surface area contributed by atoms with Crippen LogP contribution in [0, 0.1) is 34.6 Å². The minimum absolute atomic E-state index is 0.435. The van der Waals surface area contributed by atoms with E-state index in [1.807, 2.05) is 7.11 Å². The summed E-state index contributed by atoms with van der Waals surface area (Å²) in [6.07, 6.45) is 4.98. The lowest BCUT2D eigenvalue weighted by Gasteiger charge is -2.39. The van der Waals surface area contributed by atoms with E-state index in [1.54, 1.807) is 0 Å². The summed E-state index contributed by atoms with van der Waals surface area (Å²) in [5, 5.41) is 0. The van der Waals surface area contributed by atoms with E-state index in [-0.39, 0.29) is 0 Å². The highest BCUT2D eigenvalue weighted by Gasteiger charge is 2.47. The topological polar surface area (TPSA) is 9.23 Å². The molecule has 42 heavy (non-hydrogen) atoms. The average molecular weight is 569 g/mol. The molecule has 0 fully saturated rings. The number of hydrogen-bond donors (Lipinski definition) is 0. The molecule has 2 aliphatic rings. The quantitative estimate of drug-likeness (QED) is 0.218. The van der Waals surface area contributed by atoms with Crippen molar-refractivity contribution in [3.63, 3.8) is 0 Å². The molecule has 0 saturated heterocycles. The van der Waals surface area contributed by atoms with Crippen molar-refractivity contribution in [3.05, 3.63) is 122 Å². The molecule has 0 aliphatic heterocycles. The maximum Gasteiger partial charge on any atom is 0.130 e. The number of ether oxygens (including phenoxy) is 1. The molecule has 0 N–H and O–H groups in total. The van der Waals surface area contributed by atoms with Gasteiger partial charge in [-0.25, -0.2) is 0 Å². The van der Waals surface area contributed by atoms with Gasteiger partial charge in [0, 0.05) is 16.6 Å². The van der Waals surface area contributed by atoms with Gasteiger partial charge in [-0.3, -0.25) is 0 Å². The lowest BCUT2D eigenvalue weighted by molar-refractivity contribution is 0.413. The van der Waals surface area contributed by atoms with Gasteiger partial charge in [-0.2, -0.15) is 0 Å². The summed E-state index contributed by atoms with van der Waals surface area (Å²) >= 11 is 0. The lowest BCUT2D eigenvalue weighted by atomic mass is 9.91. The fourth-order valence-electron chi connectivity index (χ4n) is 8.36. The van der Waals surface area contributed by atoms with Crippen LogP contribution in [0.4, 0.5) is 0 Å². The van der Waals surface area contributed by atoms with Gasteiger partial charge in [-0.15, -0.1) is 0 Å². The van der Waals surface area contributed by atoms with Gasteiger partial charge in [0.15, 0.2) is 0 Å². The molecule has 0 amide bonds. The molecule has 2 heteroatoms. The standard InChI is InChI=1S/C40H44OSi/c1-23-11-13-30(14-12-23)32-18-26(4)19-35-33(32)21-28(6)39(35)42(9,10)40-29(7)22-34-36(40)20-27(5)38(41-8)37(34)31-16-24(2)15-25(3)17-31/h11-22,39-40H,1-10H3. The summed E-state index contributed by atoms with van der Waals surface area (Å²) in [5.41, 5.74) is 21.3. The molecule has 4 aromatic rings. The number of hydrogen-bond acceptors (Lipinski definition) is 1. The highest BCUT2D eigenvalue weighted by molar-refractivity contribution is 6.81. The monoisotopic (exact) mass is 568 g/mol. The molecule has 6 rings (SSSR count). The molecule has 214 valence electrons. The van der Waals surface area contributed by atoms with Crippen molar-refractivity contribution in [1.29, 1.82) is 0 Å². The number of aryl methyl sites for hydroxylation is 5. The van der Waals surface area contributed by atoms with E-state index in [0.29, 0.717) is 11.1 Å². The van der Waals surface area contributed by atoms with Crippen LogP contribution in [-0.2, 0) is 0 Å². The van der Waals surface area contributed by atoms with Crippen LogP contribution in [0.3, 0.4) is 0 Å². The number of allylic oxidation sites excluding steroid dienone is 2. The molecule has 0 saturated carbocycles. The smallest absolute Gasteiger partial charge is 0.130 e. The van der Waals surface area contributed by atoms with Crippen LogP contribution in [0.1, 0.15) is 75.0 Å². The van der Waals surface area contributed by atoms with Gasteiger partial charge in [0.05, 0.1) is 15.2 Å². The average Bonchev–Trinajstić information content (AvgIpc) is 3.43. The molecule has 1 nitrogen and oxygen atoms in total. The number of rotatable bonds is 5.